The molecule has 1 aliphatic rings. The molecule has 1 aromatic heterocycles. The van der Waals surface area contributed by atoms with E-state index in [1.54, 1.807) is 24.5 Å². The van der Waals surface area contributed by atoms with E-state index in [1.165, 1.54) is 0 Å². The summed E-state index contributed by atoms with van der Waals surface area (Å²) in [7, 11) is -3.04. The maximum atomic E-state index is 12.8. The molecule has 1 N–H and O–H groups in total. The van der Waals surface area contributed by atoms with Gasteiger partial charge in [-0.15, -0.1) is 0 Å². The normalized spacial score (nSPS) is 20.1. The van der Waals surface area contributed by atoms with E-state index in [0.717, 1.165) is 11.1 Å². The highest BCUT2D eigenvalue weighted by molar-refractivity contribution is 7.91. The Hall–Kier alpha value is -1.92. The van der Waals surface area contributed by atoms with Crippen molar-refractivity contribution in [2.45, 2.75) is 24.8 Å². The van der Waals surface area contributed by atoms with E-state index < -0.39 is 15.8 Å². The van der Waals surface area contributed by atoms with Crippen LogP contribution in [0, 0.1) is 0 Å². The Balaban J connectivity index is 1.80. The summed E-state index contributed by atoms with van der Waals surface area (Å²) in [5.74, 6) is -0.455. The highest BCUT2D eigenvalue weighted by Crippen LogP contribution is 2.24. The first-order valence-electron chi connectivity index (χ1n) is 8.08. The third kappa shape index (κ3) is 4.80. The monoisotopic (exact) mass is 378 g/mol. The number of amides is 1. The number of pyridine rings is 1. The van der Waals surface area contributed by atoms with Crippen LogP contribution in [0.2, 0.25) is 5.02 Å². The van der Waals surface area contributed by atoms with Crippen LogP contribution in [0.25, 0.3) is 0 Å². The molecule has 7 heteroatoms. The number of carbonyl (C=O) groups is 1. The summed E-state index contributed by atoms with van der Waals surface area (Å²) in [5, 5.41) is 3.50. The van der Waals surface area contributed by atoms with Gasteiger partial charge in [-0.05, 0) is 42.2 Å². The Morgan fingerprint density at radius 1 is 1.28 bits per heavy atom. The number of hydrogen-bond acceptors (Lipinski definition) is 4. The van der Waals surface area contributed by atoms with Gasteiger partial charge in [-0.25, -0.2) is 8.42 Å². The molecule has 2 heterocycles. The van der Waals surface area contributed by atoms with Gasteiger partial charge in [-0.1, -0.05) is 29.8 Å². The third-order valence-corrected chi connectivity index (χ3v) is 6.35. The lowest BCUT2D eigenvalue weighted by Gasteiger charge is -2.20. The minimum absolute atomic E-state index is 0.0129. The van der Waals surface area contributed by atoms with Crippen LogP contribution < -0.4 is 5.32 Å². The Bertz CT molecular complexity index is 838. The number of benzene rings is 1. The van der Waals surface area contributed by atoms with Gasteiger partial charge < -0.3 is 5.32 Å². The molecule has 5 nitrogen and oxygen atoms in total. The summed E-state index contributed by atoms with van der Waals surface area (Å²) in [6.45, 7) is 0. The van der Waals surface area contributed by atoms with E-state index in [1.807, 2.05) is 24.3 Å². The van der Waals surface area contributed by atoms with Gasteiger partial charge in [0.25, 0.3) is 0 Å². The van der Waals surface area contributed by atoms with E-state index in [9.17, 15) is 13.2 Å². The lowest BCUT2D eigenvalue weighted by molar-refractivity contribution is -0.123. The fraction of sp³-hybridized carbons (Fsp3) is 0.333. The molecule has 2 aromatic rings. The fourth-order valence-corrected chi connectivity index (χ4v) is 4.82. The summed E-state index contributed by atoms with van der Waals surface area (Å²) in [5.41, 5.74) is 1.78. The number of nitrogens with one attached hydrogen (secondary N) is 1. The quantitative estimate of drug-likeness (QED) is 0.866. The summed E-state index contributed by atoms with van der Waals surface area (Å²) in [6, 6.07) is 10.6. The molecule has 25 heavy (non-hydrogen) atoms. The van der Waals surface area contributed by atoms with Crippen molar-refractivity contribution in [3.63, 3.8) is 0 Å². The molecule has 2 unspecified atom stereocenters. The highest BCUT2D eigenvalue weighted by Gasteiger charge is 2.31. The average molecular weight is 379 g/mol. The van der Waals surface area contributed by atoms with Crippen LogP contribution in [-0.2, 0) is 21.1 Å². The van der Waals surface area contributed by atoms with Crippen molar-refractivity contribution in [1.29, 1.82) is 0 Å². The number of rotatable bonds is 5. The van der Waals surface area contributed by atoms with Gasteiger partial charge in [0, 0.05) is 23.5 Å². The predicted molar refractivity (Wildman–Crippen MR) is 97.3 cm³/mol. The first kappa shape index (κ1) is 17.9. The van der Waals surface area contributed by atoms with E-state index >= 15 is 0 Å². The fourth-order valence-electron chi connectivity index (χ4n) is 3.02. The van der Waals surface area contributed by atoms with Crippen molar-refractivity contribution in [1.82, 2.24) is 10.3 Å². The second-order valence-electron chi connectivity index (χ2n) is 6.28. The van der Waals surface area contributed by atoms with Crippen molar-refractivity contribution >= 4 is 27.3 Å². The van der Waals surface area contributed by atoms with E-state index in [0.29, 0.717) is 17.9 Å². The van der Waals surface area contributed by atoms with E-state index in [4.69, 9.17) is 11.6 Å². The number of carbonyl (C=O) groups excluding carboxylic acids is 1. The number of hydrogen-bond donors (Lipinski definition) is 1. The summed E-state index contributed by atoms with van der Waals surface area (Å²) in [4.78, 5) is 16.9. The first-order valence-corrected chi connectivity index (χ1v) is 10.3. The predicted octanol–water partition coefficient (Wildman–Crippen LogP) is 2.36. The molecule has 1 fully saturated rings. The van der Waals surface area contributed by atoms with Crippen molar-refractivity contribution in [2.75, 3.05) is 11.5 Å². The molecule has 2 atom stereocenters. The van der Waals surface area contributed by atoms with Crippen molar-refractivity contribution in [2.24, 2.45) is 0 Å². The number of halogens is 1. The summed E-state index contributed by atoms with van der Waals surface area (Å²) < 4.78 is 23.2. The van der Waals surface area contributed by atoms with Gasteiger partial charge >= 0.3 is 0 Å². The SMILES string of the molecule is O=C(NC1CCS(=O)(=O)C1)C(Cc1cccnc1)c1ccc(Cl)cc1. The number of sulfone groups is 1. The van der Waals surface area contributed by atoms with Gasteiger partial charge in [-0.3, -0.25) is 9.78 Å². The molecular formula is C18H19ClN2O3S. The Labute approximate surface area is 152 Å². The minimum Gasteiger partial charge on any atom is -0.352 e. The molecule has 0 radical (unpaired) electrons. The zero-order chi connectivity index (χ0) is 17.9. The van der Waals surface area contributed by atoms with Crippen molar-refractivity contribution in [3.05, 3.63) is 64.9 Å². The van der Waals surface area contributed by atoms with Crippen molar-refractivity contribution < 1.29 is 13.2 Å². The maximum Gasteiger partial charge on any atom is 0.228 e. The lowest BCUT2D eigenvalue weighted by atomic mass is 9.91. The minimum atomic E-state index is -3.04. The first-order chi connectivity index (χ1) is 11.9. The molecule has 1 aromatic carbocycles. The van der Waals surface area contributed by atoms with E-state index in [-0.39, 0.29) is 23.5 Å². The number of aromatic nitrogens is 1. The Morgan fingerprint density at radius 2 is 2.04 bits per heavy atom. The topological polar surface area (TPSA) is 76.1 Å². The molecule has 1 saturated heterocycles. The largest absolute Gasteiger partial charge is 0.352 e. The van der Waals surface area contributed by atoms with E-state index in [2.05, 4.69) is 10.3 Å². The van der Waals surface area contributed by atoms with Crippen LogP contribution in [0.3, 0.4) is 0 Å². The molecule has 1 aliphatic heterocycles. The second kappa shape index (κ2) is 7.54. The molecule has 0 bridgehead atoms. The highest BCUT2D eigenvalue weighted by atomic mass is 35.5. The molecule has 0 aliphatic carbocycles. The molecule has 1 amide bonds. The van der Waals surface area contributed by atoms with Gasteiger partial charge in [0.05, 0.1) is 17.4 Å². The lowest BCUT2D eigenvalue weighted by Crippen LogP contribution is -2.39. The second-order valence-corrected chi connectivity index (χ2v) is 8.94. The van der Waals surface area contributed by atoms with Gasteiger partial charge in [0.2, 0.25) is 5.91 Å². The van der Waals surface area contributed by atoms with Crippen LogP contribution in [0.5, 0.6) is 0 Å². The molecule has 0 saturated carbocycles. The van der Waals surface area contributed by atoms with Crippen LogP contribution in [-0.4, -0.2) is 36.9 Å². The smallest absolute Gasteiger partial charge is 0.228 e. The Kier molecular flexibility index (Phi) is 5.39. The Morgan fingerprint density at radius 3 is 2.64 bits per heavy atom. The van der Waals surface area contributed by atoms with Crippen LogP contribution >= 0.6 is 11.6 Å². The van der Waals surface area contributed by atoms with Crippen LogP contribution in [0.1, 0.15) is 23.5 Å². The molecule has 0 spiro atoms. The van der Waals surface area contributed by atoms with Crippen molar-refractivity contribution in [3.8, 4) is 0 Å². The standard InChI is InChI=1S/C18H19ClN2O3S/c19-15-5-3-14(4-6-15)17(10-13-2-1-8-20-11-13)18(22)21-16-7-9-25(23,24)12-16/h1-6,8,11,16-17H,7,9-10,12H2,(H,21,22). The summed E-state index contributed by atoms with van der Waals surface area (Å²) in [6.07, 6.45) is 4.37. The van der Waals surface area contributed by atoms with Gasteiger partial charge in [0.15, 0.2) is 9.84 Å². The third-order valence-electron chi connectivity index (χ3n) is 4.33. The molecule has 132 valence electrons. The van der Waals surface area contributed by atoms with Crippen LogP contribution in [0.4, 0.5) is 0 Å². The number of nitrogens with zero attached hydrogens (tertiary/aromatic N) is 1. The average Bonchev–Trinajstić information content (AvgIpc) is 2.93. The zero-order valence-corrected chi connectivity index (χ0v) is 15.1. The van der Waals surface area contributed by atoms with Crippen LogP contribution in [0.15, 0.2) is 48.8 Å². The maximum absolute atomic E-state index is 12.8. The summed E-state index contributed by atoms with van der Waals surface area (Å²) >= 11 is 5.95. The zero-order valence-electron chi connectivity index (χ0n) is 13.6. The van der Waals surface area contributed by atoms with Gasteiger partial charge in [0.1, 0.15) is 0 Å². The molecule has 3 rings (SSSR count). The molecular weight excluding hydrogens is 360 g/mol. The van der Waals surface area contributed by atoms with Gasteiger partial charge in [-0.2, -0.15) is 0 Å².